The summed E-state index contributed by atoms with van der Waals surface area (Å²) in [5.41, 5.74) is 2.80. The van der Waals surface area contributed by atoms with Crippen molar-refractivity contribution in [1.82, 2.24) is 25.0 Å². The number of nitrogens with one attached hydrogen (secondary N) is 2. The highest BCUT2D eigenvalue weighted by atomic mass is 16.7. The molecule has 10 heteroatoms. The summed E-state index contributed by atoms with van der Waals surface area (Å²) in [4.78, 5) is 51.0. The van der Waals surface area contributed by atoms with Crippen molar-refractivity contribution in [3.63, 3.8) is 0 Å². The Hall–Kier alpha value is -3.21. The lowest BCUT2D eigenvalue weighted by atomic mass is 9.79. The summed E-state index contributed by atoms with van der Waals surface area (Å²) in [7, 11) is 2.04. The number of amides is 3. The molecule has 0 unspecified atom stereocenters. The molecule has 1 aromatic heterocycles. The third-order valence-corrected chi connectivity index (χ3v) is 10.8. The van der Waals surface area contributed by atoms with Crippen LogP contribution >= 0.6 is 0 Å². The number of piperazine rings is 1. The van der Waals surface area contributed by atoms with E-state index in [1.54, 1.807) is 4.90 Å². The molecule has 230 valence electrons. The highest BCUT2D eigenvalue weighted by molar-refractivity contribution is 6.01. The average molecular weight is 590 g/mol. The maximum atomic E-state index is 14.5. The number of hydrogen-bond donors (Lipinski definition) is 3. The van der Waals surface area contributed by atoms with Crippen molar-refractivity contribution < 1.29 is 24.2 Å². The zero-order valence-electron chi connectivity index (χ0n) is 25.7. The largest absolute Gasteiger partial charge is 0.361 e. The third-order valence-electron chi connectivity index (χ3n) is 10.8. The Bertz CT molecular complexity index is 1530. The van der Waals surface area contributed by atoms with Crippen LogP contribution in [0.2, 0.25) is 0 Å². The number of H-pyrrole nitrogens is 1. The average Bonchev–Trinajstić information content (AvgIpc) is 3.69. The first-order valence-electron chi connectivity index (χ1n) is 15.9. The quantitative estimate of drug-likeness (QED) is 0.477. The second kappa shape index (κ2) is 9.90. The van der Waals surface area contributed by atoms with E-state index in [4.69, 9.17) is 4.74 Å². The van der Waals surface area contributed by atoms with Gasteiger partial charge in [-0.15, -0.1) is 0 Å². The summed E-state index contributed by atoms with van der Waals surface area (Å²) in [5, 5.41) is 16.4. The fourth-order valence-electron chi connectivity index (χ4n) is 8.20. The topological polar surface area (TPSA) is 118 Å². The van der Waals surface area contributed by atoms with Crippen molar-refractivity contribution in [2.75, 3.05) is 20.1 Å². The summed E-state index contributed by atoms with van der Waals surface area (Å²) < 4.78 is 6.47. The van der Waals surface area contributed by atoms with Crippen molar-refractivity contribution in [3.05, 3.63) is 41.6 Å². The van der Waals surface area contributed by atoms with Gasteiger partial charge in [0.05, 0.1) is 5.92 Å². The number of aromatic nitrogens is 1. The SMILES string of the molecule is CC[C@H](C)C[C@H]1C(=O)N2CCC[C@H]2[C@]2(O)O[C@](NC(=O)[C@@H]3C=C4c5cccc6[nH]cc(c56)C[C@H]4N(C)C3)(C(C)C)C(=O)N12. The molecule has 0 bridgehead atoms. The van der Waals surface area contributed by atoms with Gasteiger partial charge >= 0.3 is 0 Å². The number of carbonyl (C=O) groups excluding carboxylic acids is 3. The van der Waals surface area contributed by atoms with Gasteiger partial charge < -0.3 is 20.3 Å². The van der Waals surface area contributed by atoms with E-state index in [1.807, 2.05) is 46.9 Å². The second-order valence-corrected chi connectivity index (χ2v) is 13.7. The first-order valence-corrected chi connectivity index (χ1v) is 15.9. The van der Waals surface area contributed by atoms with Crippen molar-refractivity contribution in [2.24, 2.45) is 17.8 Å². The van der Waals surface area contributed by atoms with Gasteiger partial charge in [0, 0.05) is 42.1 Å². The normalized spacial score (nSPS) is 34.3. The molecular weight excluding hydrogens is 546 g/mol. The van der Waals surface area contributed by atoms with Gasteiger partial charge in [-0.1, -0.05) is 52.3 Å². The first kappa shape index (κ1) is 28.6. The molecule has 5 heterocycles. The van der Waals surface area contributed by atoms with Gasteiger partial charge in [-0.05, 0) is 61.4 Å². The predicted octanol–water partition coefficient (Wildman–Crippen LogP) is 2.82. The van der Waals surface area contributed by atoms with E-state index >= 15 is 0 Å². The van der Waals surface area contributed by atoms with Crippen LogP contribution in [0.25, 0.3) is 16.5 Å². The van der Waals surface area contributed by atoms with Crippen molar-refractivity contribution in [2.45, 2.75) is 89.6 Å². The summed E-state index contributed by atoms with van der Waals surface area (Å²) in [5.74, 6) is -3.90. The van der Waals surface area contributed by atoms with Crippen LogP contribution < -0.4 is 5.32 Å². The van der Waals surface area contributed by atoms with E-state index < -0.39 is 41.5 Å². The van der Waals surface area contributed by atoms with E-state index in [0.29, 0.717) is 25.9 Å². The molecule has 3 N–H and O–H groups in total. The van der Waals surface area contributed by atoms with Crippen molar-refractivity contribution in [1.29, 1.82) is 0 Å². The summed E-state index contributed by atoms with van der Waals surface area (Å²) in [6.07, 6.45) is 7.50. The van der Waals surface area contributed by atoms with Gasteiger partial charge in [0.15, 0.2) is 0 Å². The van der Waals surface area contributed by atoms with Gasteiger partial charge in [0.1, 0.15) is 12.1 Å². The standard InChI is InChI=1S/C33H43N5O5/c1-6-19(4)13-26-30(40)37-12-8-11-27(37)33(42)38(26)31(41)32(43-33,18(2)3)35-29(39)21-14-23-22-9-7-10-24-28(22)20(16-34-24)15-25(23)36(5)17-21/h7,9-10,14,16,18-19,21,25-27,34,42H,6,8,11-13,15,17H2,1-5H3,(H,35,39)/t19-,21+,25+,26-,27-,32+,33-/m0/s1. The fraction of sp³-hybridized carbons (Fsp3) is 0.606. The molecule has 3 fully saturated rings. The summed E-state index contributed by atoms with van der Waals surface area (Å²) >= 11 is 0. The van der Waals surface area contributed by atoms with Gasteiger partial charge in [-0.25, -0.2) is 0 Å². The number of ether oxygens (including phenoxy) is 1. The molecule has 0 saturated carbocycles. The summed E-state index contributed by atoms with van der Waals surface area (Å²) in [6, 6.07) is 4.85. The number of hydrogen-bond acceptors (Lipinski definition) is 6. The van der Waals surface area contributed by atoms with Crippen molar-refractivity contribution in [3.8, 4) is 0 Å². The van der Waals surface area contributed by atoms with E-state index in [0.717, 1.165) is 35.9 Å². The summed E-state index contributed by atoms with van der Waals surface area (Å²) in [6.45, 7) is 8.73. The minimum Gasteiger partial charge on any atom is -0.361 e. The molecule has 43 heavy (non-hydrogen) atoms. The van der Waals surface area contributed by atoms with Gasteiger partial charge in [0.25, 0.3) is 11.8 Å². The number of carbonyl (C=O) groups is 3. The molecule has 0 spiro atoms. The molecular formula is C33H43N5O5. The molecule has 7 rings (SSSR count). The Labute approximate surface area is 252 Å². The molecule has 10 nitrogen and oxygen atoms in total. The van der Waals surface area contributed by atoms with Crippen LogP contribution in [0.15, 0.2) is 30.5 Å². The van der Waals surface area contributed by atoms with Crippen LogP contribution in [-0.2, 0) is 25.5 Å². The van der Waals surface area contributed by atoms with Crippen LogP contribution in [0.4, 0.5) is 0 Å². The molecule has 3 amide bonds. The van der Waals surface area contributed by atoms with E-state index in [9.17, 15) is 19.5 Å². The molecule has 4 aliphatic heterocycles. The Morgan fingerprint density at radius 1 is 1.26 bits per heavy atom. The fourth-order valence-corrected chi connectivity index (χ4v) is 8.20. The minimum absolute atomic E-state index is 0.143. The lowest BCUT2D eigenvalue weighted by Gasteiger charge is -2.49. The van der Waals surface area contributed by atoms with Gasteiger partial charge in [0.2, 0.25) is 17.5 Å². The zero-order valence-corrected chi connectivity index (χ0v) is 25.7. The molecule has 0 radical (unpaired) electrons. The van der Waals surface area contributed by atoms with Crippen LogP contribution in [0, 0.1) is 17.8 Å². The minimum atomic E-state index is -2.01. The Morgan fingerprint density at radius 2 is 2.05 bits per heavy atom. The number of nitrogens with zero attached hydrogens (tertiary/aromatic N) is 3. The van der Waals surface area contributed by atoms with Gasteiger partial charge in [-0.2, -0.15) is 0 Å². The molecule has 1 aromatic carbocycles. The van der Waals surface area contributed by atoms with E-state index in [2.05, 4.69) is 33.5 Å². The second-order valence-electron chi connectivity index (χ2n) is 13.7. The molecule has 2 aromatic rings. The zero-order chi connectivity index (χ0) is 30.4. The maximum Gasteiger partial charge on any atom is 0.281 e. The Kier molecular flexibility index (Phi) is 6.58. The van der Waals surface area contributed by atoms with Crippen LogP contribution in [0.3, 0.4) is 0 Å². The highest BCUT2D eigenvalue weighted by Gasteiger charge is 2.72. The van der Waals surface area contributed by atoms with Crippen molar-refractivity contribution >= 4 is 34.2 Å². The smallest absolute Gasteiger partial charge is 0.281 e. The molecule has 5 aliphatic rings. The van der Waals surface area contributed by atoms with Crippen LogP contribution in [0.1, 0.15) is 64.5 Å². The first-order chi connectivity index (χ1) is 20.5. The van der Waals surface area contributed by atoms with E-state index in [1.165, 1.54) is 15.8 Å². The number of fused-ring (bicyclic) bond motifs is 5. The molecule has 3 saturated heterocycles. The Balaban J connectivity index is 1.24. The number of benzene rings is 1. The lowest BCUT2D eigenvalue weighted by Crippen LogP contribution is -2.71. The monoisotopic (exact) mass is 589 g/mol. The lowest BCUT2D eigenvalue weighted by molar-refractivity contribution is -0.322. The molecule has 1 aliphatic carbocycles. The van der Waals surface area contributed by atoms with Gasteiger partial charge in [-0.3, -0.25) is 28.9 Å². The highest BCUT2D eigenvalue weighted by Crippen LogP contribution is 2.48. The maximum absolute atomic E-state index is 14.5. The Morgan fingerprint density at radius 3 is 2.79 bits per heavy atom. The number of aliphatic hydroxyl groups is 1. The van der Waals surface area contributed by atoms with Crippen LogP contribution in [0.5, 0.6) is 0 Å². The van der Waals surface area contributed by atoms with E-state index in [-0.39, 0.29) is 23.8 Å². The number of aromatic amines is 1. The predicted molar refractivity (Wildman–Crippen MR) is 161 cm³/mol. The molecule has 7 atom stereocenters. The number of rotatable bonds is 6. The third kappa shape index (κ3) is 3.98. The van der Waals surface area contributed by atoms with Crippen LogP contribution in [-0.4, -0.2) is 92.4 Å². The number of likely N-dealkylation sites (N-methyl/N-ethyl adjacent to an activating group) is 1.